The highest BCUT2D eigenvalue weighted by molar-refractivity contribution is 9.10. The Bertz CT molecular complexity index is 800. The molecule has 0 unspecified atom stereocenters. The summed E-state index contributed by atoms with van der Waals surface area (Å²) in [5.74, 6) is -0.346. The molecule has 4 nitrogen and oxygen atoms in total. The number of para-hydroxylation sites is 1. The maximum Gasteiger partial charge on any atom is 0.255 e. The van der Waals surface area contributed by atoms with Crippen molar-refractivity contribution in [2.45, 2.75) is 11.8 Å². The molecule has 110 valence electrons. The molecule has 0 saturated heterocycles. The van der Waals surface area contributed by atoms with Gasteiger partial charge < -0.3 is 5.32 Å². The van der Waals surface area contributed by atoms with E-state index < -0.39 is 9.84 Å². The molecule has 0 fully saturated rings. The van der Waals surface area contributed by atoms with E-state index in [1.807, 2.05) is 6.92 Å². The Kier molecular flexibility index (Phi) is 4.49. The lowest BCUT2D eigenvalue weighted by atomic mass is 10.1. The molecular weight excluding hydrogens is 354 g/mol. The van der Waals surface area contributed by atoms with Crippen LogP contribution in [0.3, 0.4) is 0 Å². The standard InChI is InChI=1S/C15H14BrNO3S/c1-10-9-11(7-8-12(10)16)15(18)17-13-5-3-4-6-14(13)21(2,19)20/h3-9H,1-2H3,(H,17,18). The maximum absolute atomic E-state index is 12.2. The lowest BCUT2D eigenvalue weighted by Gasteiger charge is -2.10. The van der Waals surface area contributed by atoms with Gasteiger partial charge in [0, 0.05) is 16.3 Å². The Balaban J connectivity index is 2.34. The minimum absolute atomic E-state index is 0.104. The van der Waals surface area contributed by atoms with Gasteiger partial charge >= 0.3 is 0 Å². The van der Waals surface area contributed by atoms with E-state index in [1.54, 1.807) is 36.4 Å². The first-order chi connectivity index (χ1) is 9.79. The minimum Gasteiger partial charge on any atom is -0.321 e. The molecule has 2 aromatic carbocycles. The van der Waals surface area contributed by atoms with Crippen molar-refractivity contribution in [3.63, 3.8) is 0 Å². The number of amides is 1. The molecule has 0 radical (unpaired) electrons. The van der Waals surface area contributed by atoms with Crippen molar-refractivity contribution in [3.05, 3.63) is 58.1 Å². The highest BCUT2D eigenvalue weighted by Crippen LogP contribution is 2.22. The Morgan fingerprint density at radius 3 is 2.43 bits per heavy atom. The minimum atomic E-state index is -3.40. The number of sulfone groups is 1. The number of hydrogen-bond acceptors (Lipinski definition) is 3. The monoisotopic (exact) mass is 367 g/mol. The number of carbonyl (C=O) groups excluding carboxylic acids is 1. The molecule has 1 N–H and O–H groups in total. The summed E-state index contributed by atoms with van der Waals surface area (Å²) in [6.45, 7) is 1.88. The third-order valence-electron chi connectivity index (χ3n) is 2.95. The first-order valence-electron chi connectivity index (χ1n) is 6.15. The summed E-state index contributed by atoms with van der Waals surface area (Å²) in [5, 5.41) is 2.65. The molecule has 0 saturated carbocycles. The Morgan fingerprint density at radius 2 is 1.81 bits per heavy atom. The zero-order valence-corrected chi connectivity index (χ0v) is 14.0. The zero-order valence-electron chi connectivity index (χ0n) is 11.6. The van der Waals surface area contributed by atoms with Gasteiger partial charge in [0.1, 0.15) is 0 Å². The van der Waals surface area contributed by atoms with Gasteiger partial charge in [-0.25, -0.2) is 8.42 Å². The molecule has 0 heterocycles. The lowest BCUT2D eigenvalue weighted by molar-refractivity contribution is 0.102. The Hall–Kier alpha value is -1.66. The number of aryl methyl sites for hydroxylation is 1. The van der Waals surface area contributed by atoms with Crippen LogP contribution in [0.4, 0.5) is 5.69 Å². The first kappa shape index (κ1) is 15.7. The Labute approximate surface area is 132 Å². The smallest absolute Gasteiger partial charge is 0.255 e. The van der Waals surface area contributed by atoms with Gasteiger partial charge in [0.15, 0.2) is 9.84 Å². The SMILES string of the molecule is Cc1cc(C(=O)Nc2ccccc2S(C)(=O)=O)ccc1Br. The predicted molar refractivity (Wildman–Crippen MR) is 86.4 cm³/mol. The maximum atomic E-state index is 12.2. The summed E-state index contributed by atoms with van der Waals surface area (Å²) < 4.78 is 24.3. The van der Waals surface area contributed by atoms with Crippen molar-refractivity contribution in [1.29, 1.82) is 0 Å². The number of rotatable bonds is 3. The summed E-state index contributed by atoms with van der Waals surface area (Å²) in [4.78, 5) is 12.3. The summed E-state index contributed by atoms with van der Waals surface area (Å²) in [7, 11) is -3.40. The van der Waals surface area contributed by atoms with Gasteiger partial charge in [0.05, 0.1) is 10.6 Å². The van der Waals surface area contributed by atoms with Crippen LogP contribution in [0.5, 0.6) is 0 Å². The quantitative estimate of drug-likeness (QED) is 0.903. The Morgan fingerprint density at radius 1 is 1.14 bits per heavy atom. The van der Waals surface area contributed by atoms with E-state index in [0.29, 0.717) is 5.56 Å². The third-order valence-corrected chi connectivity index (χ3v) is 5.00. The fourth-order valence-corrected chi connectivity index (χ4v) is 2.96. The van der Waals surface area contributed by atoms with E-state index in [9.17, 15) is 13.2 Å². The van der Waals surface area contributed by atoms with E-state index in [-0.39, 0.29) is 16.5 Å². The van der Waals surface area contributed by atoms with Crippen LogP contribution in [-0.2, 0) is 9.84 Å². The van der Waals surface area contributed by atoms with Crippen LogP contribution in [0.15, 0.2) is 51.8 Å². The van der Waals surface area contributed by atoms with Crippen LogP contribution < -0.4 is 5.32 Å². The lowest BCUT2D eigenvalue weighted by Crippen LogP contribution is -2.14. The molecule has 0 aromatic heterocycles. The average Bonchev–Trinajstić information content (AvgIpc) is 2.41. The first-order valence-corrected chi connectivity index (χ1v) is 8.84. The van der Waals surface area contributed by atoms with Gasteiger partial charge in [-0.3, -0.25) is 4.79 Å². The van der Waals surface area contributed by atoms with Crippen LogP contribution in [0.2, 0.25) is 0 Å². The van der Waals surface area contributed by atoms with Crippen molar-refractivity contribution in [2.24, 2.45) is 0 Å². The van der Waals surface area contributed by atoms with E-state index in [1.165, 1.54) is 6.07 Å². The summed E-state index contributed by atoms with van der Waals surface area (Å²) in [6, 6.07) is 11.5. The molecule has 0 bridgehead atoms. The fourth-order valence-electron chi connectivity index (χ4n) is 1.87. The van der Waals surface area contributed by atoms with E-state index >= 15 is 0 Å². The molecule has 2 aromatic rings. The van der Waals surface area contributed by atoms with Gasteiger partial charge in [0.2, 0.25) is 0 Å². The highest BCUT2D eigenvalue weighted by atomic mass is 79.9. The molecule has 0 atom stereocenters. The number of halogens is 1. The van der Waals surface area contributed by atoms with E-state index in [0.717, 1.165) is 16.3 Å². The number of benzene rings is 2. The average molecular weight is 368 g/mol. The number of hydrogen-bond donors (Lipinski definition) is 1. The zero-order chi connectivity index (χ0) is 15.6. The third kappa shape index (κ3) is 3.71. The van der Waals surface area contributed by atoms with E-state index in [2.05, 4.69) is 21.2 Å². The number of anilines is 1. The van der Waals surface area contributed by atoms with Crippen LogP contribution >= 0.6 is 15.9 Å². The number of nitrogens with one attached hydrogen (secondary N) is 1. The summed E-state index contributed by atoms with van der Waals surface area (Å²) in [5.41, 5.74) is 1.68. The van der Waals surface area contributed by atoms with Crippen LogP contribution in [0, 0.1) is 6.92 Å². The highest BCUT2D eigenvalue weighted by Gasteiger charge is 2.15. The van der Waals surface area contributed by atoms with Crippen LogP contribution in [0.1, 0.15) is 15.9 Å². The topological polar surface area (TPSA) is 63.2 Å². The second-order valence-electron chi connectivity index (χ2n) is 4.69. The molecule has 2 rings (SSSR count). The second kappa shape index (κ2) is 5.99. The van der Waals surface area contributed by atoms with Gasteiger partial charge in [-0.15, -0.1) is 0 Å². The molecule has 6 heteroatoms. The molecule has 1 amide bonds. The fraction of sp³-hybridized carbons (Fsp3) is 0.133. The van der Waals surface area contributed by atoms with Crippen molar-refractivity contribution < 1.29 is 13.2 Å². The molecule has 0 aliphatic carbocycles. The molecule has 21 heavy (non-hydrogen) atoms. The predicted octanol–water partition coefficient (Wildman–Crippen LogP) is 3.41. The van der Waals surface area contributed by atoms with Crippen molar-refractivity contribution in [2.75, 3.05) is 11.6 Å². The van der Waals surface area contributed by atoms with E-state index in [4.69, 9.17) is 0 Å². The normalized spacial score (nSPS) is 11.2. The molecule has 0 aliphatic heterocycles. The van der Waals surface area contributed by atoms with Crippen molar-refractivity contribution >= 4 is 37.4 Å². The van der Waals surface area contributed by atoms with Crippen LogP contribution in [0.25, 0.3) is 0 Å². The van der Waals surface area contributed by atoms with Gasteiger partial charge in [0.25, 0.3) is 5.91 Å². The molecule has 0 aliphatic rings. The van der Waals surface area contributed by atoms with Crippen LogP contribution in [-0.4, -0.2) is 20.6 Å². The van der Waals surface area contributed by atoms with Gasteiger partial charge in [-0.05, 0) is 42.8 Å². The van der Waals surface area contributed by atoms with Gasteiger partial charge in [-0.1, -0.05) is 28.1 Å². The molecule has 0 spiro atoms. The van der Waals surface area contributed by atoms with Crippen molar-refractivity contribution in [1.82, 2.24) is 0 Å². The second-order valence-corrected chi connectivity index (χ2v) is 7.52. The van der Waals surface area contributed by atoms with Gasteiger partial charge in [-0.2, -0.15) is 0 Å². The number of carbonyl (C=O) groups is 1. The molecular formula is C15H14BrNO3S. The largest absolute Gasteiger partial charge is 0.321 e. The summed E-state index contributed by atoms with van der Waals surface area (Å²) in [6.07, 6.45) is 1.11. The summed E-state index contributed by atoms with van der Waals surface area (Å²) >= 11 is 3.37. The van der Waals surface area contributed by atoms with Crippen molar-refractivity contribution in [3.8, 4) is 0 Å².